The van der Waals surface area contributed by atoms with Gasteiger partial charge in [0.15, 0.2) is 5.65 Å². The predicted octanol–water partition coefficient (Wildman–Crippen LogP) is 13.1. The van der Waals surface area contributed by atoms with Crippen LogP contribution < -0.4 is 0 Å². The van der Waals surface area contributed by atoms with Gasteiger partial charge in [-0.1, -0.05) is 146 Å². The monoisotopic (exact) mass is 675 g/mol. The summed E-state index contributed by atoms with van der Waals surface area (Å²) in [6.07, 6.45) is 1.91. The van der Waals surface area contributed by atoms with Crippen LogP contribution in [0, 0.1) is 0 Å². The van der Waals surface area contributed by atoms with Gasteiger partial charge in [0.25, 0.3) is 0 Å². The van der Waals surface area contributed by atoms with Crippen LogP contribution in [0.15, 0.2) is 200 Å². The minimum atomic E-state index is 0.815. The highest BCUT2D eigenvalue weighted by Crippen LogP contribution is 2.40. The van der Waals surface area contributed by atoms with Gasteiger partial charge < -0.3 is 0 Å². The van der Waals surface area contributed by atoms with E-state index in [-0.39, 0.29) is 0 Å². The third-order valence-corrected chi connectivity index (χ3v) is 10.2. The predicted molar refractivity (Wildman–Crippen MR) is 221 cm³/mol. The number of rotatable bonds is 6. The summed E-state index contributed by atoms with van der Waals surface area (Å²) in [5, 5.41) is 4.88. The van der Waals surface area contributed by atoms with Crippen LogP contribution in [0.5, 0.6) is 0 Å². The lowest BCUT2D eigenvalue weighted by Gasteiger charge is -2.14. The maximum Gasteiger partial charge on any atom is 0.165 e. The third-order valence-electron chi connectivity index (χ3n) is 10.2. The van der Waals surface area contributed by atoms with Crippen LogP contribution in [0.2, 0.25) is 0 Å². The maximum atomic E-state index is 5.54. The number of fused-ring (bicyclic) bond motifs is 3. The van der Waals surface area contributed by atoms with Gasteiger partial charge in [-0.05, 0) is 109 Å². The van der Waals surface area contributed by atoms with Gasteiger partial charge in [-0.2, -0.15) is 0 Å². The second-order valence-corrected chi connectivity index (χ2v) is 13.5. The Morgan fingerprint density at radius 1 is 0.340 bits per heavy atom. The molecule has 0 atom stereocenters. The van der Waals surface area contributed by atoms with Gasteiger partial charge >= 0.3 is 0 Å². The van der Waals surface area contributed by atoms with Crippen LogP contribution in [0.1, 0.15) is 0 Å². The quantitative estimate of drug-likeness (QED) is 0.176. The van der Waals surface area contributed by atoms with Gasteiger partial charge in [0.1, 0.15) is 11.3 Å². The second-order valence-electron chi connectivity index (χ2n) is 13.5. The van der Waals surface area contributed by atoms with E-state index in [4.69, 9.17) is 9.97 Å². The van der Waals surface area contributed by atoms with Crippen molar-refractivity contribution in [2.75, 3.05) is 0 Å². The van der Waals surface area contributed by atoms with Crippen molar-refractivity contribution < 1.29 is 0 Å². The van der Waals surface area contributed by atoms with Gasteiger partial charge in [-0.3, -0.25) is 4.57 Å². The molecule has 53 heavy (non-hydrogen) atoms. The first-order valence-electron chi connectivity index (χ1n) is 18.0. The molecule has 0 spiro atoms. The number of para-hydroxylation sites is 1. The van der Waals surface area contributed by atoms with E-state index in [0.29, 0.717) is 0 Å². The van der Waals surface area contributed by atoms with Crippen molar-refractivity contribution in [1.29, 1.82) is 0 Å². The highest BCUT2D eigenvalue weighted by molar-refractivity contribution is 5.98. The Hall–Kier alpha value is -7.10. The molecule has 2 heterocycles. The van der Waals surface area contributed by atoms with Gasteiger partial charge in [0, 0.05) is 23.0 Å². The molecular weight excluding hydrogens is 643 g/mol. The molecule has 0 aliphatic carbocycles. The summed E-state index contributed by atoms with van der Waals surface area (Å²) in [5.41, 5.74) is 12.8. The number of nitrogens with zero attached hydrogens (tertiary/aromatic N) is 3. The fraction of sp³-hybridized carbons (Fsp3) is 0. The third kappa shape index (κ3) is 5.56. The Bertz CT molecular complexity index is 2840. The summed E-state index contributed by atoms with van der Waals surface area (Å²) >= 11 is 0. The summed E-state index contributed by atoms with van der Waals surface area (Å²) in [6, 6.07) is 69.2. The Balaban J connectivity index is 1.25. The van der Waals surface area contributed by atoms with Crippen LogP contribution >= 0.6 is 0 Å². The molecule has 0 N–H and O–H groups in total. The summed E-state index contributed by atoms with van der Waals surface area (Å²) in [6.45, 7) is 0. The molecular formula is C50H33N3. The van der Waals surface area contributed by atoms with E-state index >= 15 is 0 Å². The van der Waals surface area contributed by atoms with Gasteiger partial charge in [-0.15, -0.1) is 0 Å². The first-order chi connectivity index (χ1) is 26.3. The first kappa shape index (κ1) is 30.7. The average molecular weight is 676 g/mol. The number of hydrogen-bond donors (Lipinski definition) is 0. The van der Waals surface area contributed by atoms with Crippen molar-refractivity contribution in [3.05, 3.63) is 200 Å². The van der Waals surface area contributed by atoms with Crippen molar-refractivity contribution in [2.24, 2.45) is 0 Å². The standard InChI is InChI=1S/C50H33N3/c1-3-15-36(16-4-1)45-21-11-12-22-46(45)47-27-28-51-50-48(47)52-49(53(50)44-19-5-2-6-20-44)43-32-41(39-25-23-34-13-7-9-17-37(34)29-39)31-42(33-43)40-26-24-35-14-8-10-18-38(35)30-40/h1-33H. The van der Waals surface area contributed by atoms with E-state index < -0.39 is 0 Å². The molecule has 2 aromatic heterocycles. The van der Waals surface area contributed by atoms with E-state index in [2.05, 4.69) is 199 Å². The minimum Gasteiger partial charge on any atom is -0.277 e. The van der Waals surface area contributed by atoms with E-state index in [9.17, 15) is 0 Å². The zero-order valence-electron chi connectivity index (χ0n) is 28.9. The van der Waals surface area contributed by atoms with Gasteiger partial charge in [-0.25, -0.2) is 9.97 Å². The van der Waals surface area contributed by atoms with Crippen molar-refractivity contribution in [3.8, 4) is 61.6 Å². The molecule has 0 fully saturated rings. The van der Waals surface area contributed by atoms with E-state index in [1.807, 2.05) is 6.20 Å². The van der Waals surface area contributed by atoms with Crippen molar-refractivity contribution in [1.82, 2.24) is 14.5 Å². The van der Waals surface area contributed by atoms with Gasteiger partial charge in [0.05, 0.1) is 0 Å². The zero-order valence-corrected chi connectivity index (χ0v) is 28.9. The van der Waals surface area contributed by atoms with Gasteiger partial charge in [0.2, 0.25) is 0 Å². The molecule has 0 bridgehead atoms. The second kappa shape index (κ2) is 12.9. The summed E-state index contributed by atoms with van der Waals surface area (Å²) in [7, 11) is 0. The molecule has 10 rings (SSSR count). The largest absolute Gasteiger partial charge is 0.277 e. The summed E-state index contributed by atoms with van der Waals surface area (Å²) < 4.78 is 2.22. The number of imidazole rings is 1. The zero-order chi connectivity index (χ0) is 35.1. The highest BCUT2D eigenvalue weighted by Gasteiger charge is 2.21. The Morgan fingerprint density at radius 2 is 0.868 bits per heavy atom. The Labute approximate surface area is 308 Å². The summed E-state index contributed by atoms with van der Waals surface area (Å²) in [4.78, 5) is 10.6. The number of aromatic nitrogens is 3. The van der Waals surface area contributed by atoms with Crippen molar-refractivity contribution in [2.45, 2.75) is 0 Å². The molecule has 3 nitrogen and oxygen atoms in total. The van der Waals surface area contributed by atoms with E-state index in [1.54, 1.807) is 0 Å². The first-order valence-corrected chi connectivity index (χ1v) is 18.0. The molecule has 0 unspecified atom stereocenters. The Morgan fingerprint density at radius 3 is 1.51 bits per heavy atom. The molecule has 0 amide bonds. The number of pyridine rings is 1. The van der Waals surface area contributed by atoms with E-state index in [0.717, 1.165) is 67.2 Å². The van der Waals surface area contributed by atoms with Crippen LogP contribution in [0.25, 0.3) is 94.3 Å². The molecule has 0 radical (unpaired) electrons. The normalized spacial score (nSPS) is 11.4. The molecule has 10 aromatic rings. The van der Waals surface area contributed by atoms with Crippen molar-refractivity contribution in [3.63, 3.8) is 0 Å². The molecule has 248 valence electrons. The highest BCUT2D eigenvalue weighted by atomic mass is 15.1. The fourth-order valence-corrected chi connectivity index (χ4v) is 7.62. The van der Waals surface area contributed by atoms with Crippen LogP contribution in [0.3, 0.4) is 0 Å². The lowest BCUT2D eigenvalue weighted by molar-refractivity contribution is 1.08. The number of benzene rings is 8. The molecule has 0 saturated heterocycles. The van der Waals surface area contributed by atoms with Crippen molar-refractivity contribution >= 4 is 32.7 Å². The molecule has 0 aliphatic heterocycles. The molecule has 3 heteroatoms. The van der Waals surface area contributed by atoms with E-state index in [1.165, 1.54) is 27.1 Å². The number of hydrogen-bond acceptors (Lipinski definition) is 2. The van der Waals surface area contributed by atoms with Crippen LogP contribution in [0.4, 0.5) is 0 Å². The lowest BCUT2D eigenvalue weighted by Crippen LogP contribution is -1.99. The van der Waals surface area contributed by atoms with Crippen LogP contribution in [-0.4, -0.2) is 14.5 Å². The lowest BCUT2D eigenvalue weighted by atomic mass is 9.93. The fourth-order valence-electron chi connectivity index (χ4n) is 7.62. The topological polar surface area (TPSA) is 30.7 Å². The summed E-state index contributed by atoms with van der Waals surface area (Å²) in [5.74, 6) is 0.841. The maximum absolute atomic E-state index is 5.54. The molecule has 0 aliphatic rings. The Kier molecular flexibility index (Phi) is 7.47. The van der Waals surface area contributed by atoms with Crippen LogP contribution in [-0.2, 0) is 0 Å². The smallest absolute Gasteiger partial charge is 0.165 e. The molecule has 8 aromatic carbocycles. The average Bonchev–Trinajstić information content (AvgIpc) is 3.64. The minimum absolute atomic E-state index is 0.815. The SMILES string of the molecule is c1ccc(-c2ccccc2-c2ccnc3c2nc(-c2cc(-c4ccc5ccccc5c4)cc(-c4ccc5ccccc5c4)c2)n3-c2ccccc2)cc1. The molecule has 0 saturated carbocycles.